The minimum Gasteiger partial charge on any atom is -0.321 e. The molecule has 0 atom stereocenters. The van der Waals surface area contributed by atoms with Gasteiger partial charge in [0.2, 0.25) is 0 Å². The average molecular weight is 395 g/mol. The summed E-state index contributed by atoms with van der Waals surface area (Å²) < 4.78 is 1.59. The maximum atomic E-state index is 13.0. The number of carbonyl (C=O) groups is 1. The van der Waals surface area contributed by atoms with E-state index in [1.807, 2.05) is 32.0 Å². The molecule has 0 aliphatic rings. The lowest BCUT2D eigenvalue weighted by Gasteiger charge is -2.09. The van der Waals surface area contributed by atoms with Gasteiger partial charge in [-0.05, 0) is 51.3 Å². The van der Waals surface area contributed by atoms with Gasteiger partial charge < -0.3 is 5.32 Å². The molecule has 0 radical (unpaired) electrons. The predicted octanol–water partition coefficient (Wildman–Crippen LogP) is 4.25. The molecule has 0 fully saturated rings. The smallest absolute Gasteiger partial charge is 0.266 e. The number of aromatic nitrogens is 2. The van der Waals surface area contributed by atoms with E-state index in [-0.39, 0.29) is 11.5 Å². The van der Waals surface area contributed by atoms with E-state index in [1.54, 1.807) is 18.4 Å². The Morgan fingerprint density at radius 1 is 1.29 bits per heavy atom. The van der Waals surface area contributed by atoms with E-state index in [0.29, 0.717) is 45.9 Å². The fraction of sp³-hybridized carbons (Fsp3) is 0.333. The molecule has 0 aliphatic heterocycles. The molecular formula is C21H22N4O2S. The fourth-order valence-electron chi connectivity index (χ4n) is 3.25. The second kappa shape index (κ2) is 7.95. The van der Waals surface area contributed by atoms with Gasteiger partial charge in [-0.2, -0.15) is 5.26 Å². The molecule has 1 amide bonds. The van der Waals surface area contributed by atoms with Crippen LogP contribution in [0.3, 0.4) is 0 Å². The summed E-state index contributed by atoms with van der Waals surface area (Å²) in [5.41, 5.74) is 3.37. The fourth-order valence-corrected chi connectivity index (χ4v) is 4.36. The van der Waals surface area contributed by atoms with Crippen molar-refractivity contribution >= 4 is 33.1 Å². The van der Waals surface area contributed by atoms with Gasteiger partial charge in [0.25, 0.3) is 11.5 Å². The number of carbonyl (C=O) groups excluding carboxylic acids is 1. The lowest BCUT2D eigenvalue weighted by Crippen LogP contribution is -2.24. The SMILES string of the molecule is Cc1ccc(NC(=O)c2sc3nc(C)n(CCCC#N)c(=O)c3c2C)c(C)c1. The molecule has 0 spiro atoms. The van der Waals surface area contributed by atoms with Crippen molar-refractivity contribution in [2.75, 3.05) is 5.32 Å². The summed E-state index contributed by atoms with van der Waals surface area (Å²) in [5, 5.41) is 12.2. The summed E-state index contributed by atoms with van der Waals surface area (Å²) in [6.45, 7) is 7.96. The van der Waals surface area contributed by atoms with Crippen LogP contribution in [0, 0.1) is 39.0 Å². The highest BCUT2D eigenvalue weighted by molar-refractivity contribution is 7.20. The van der Waals surface area contributed by atoms with Crippen LogP contribution in [0.15, 0.2) is 23.0 Å². The molecule has 3 rings (SSSR count). The Labute approximate surface area is 167 Å². The third kappa shape index (κ3) is 3.69. The van der Waals surface area contributed by atoms with Gasteiger partial charge in [0.15, 0.2) is 0 Å². The number of anilines is 1. The van der Waals surface area contributed by atoms with Crippen molar-refractivity contribution in [3.8, 4) is 6.07 Å². The Morgan fingerprint density at radius 3 is 2.71 bits per heavy atom. The molecule has 28 heavy (non-hydrogen) atoms. The van der Waals surface area contributed by atoms with Crippen molar-refractivity contribution < 1.29 is 4.79 Å². The topological polar surface area (TPSA) is 87.8 Å². The van der Waals surface area contributed by atoms with Gasteiger partial charge >= 0.3 is 0 Å². The number of nitrogens with zero attached hydrogens (tertiary/aromatic N) is 3. The molecular weight excluding hydrogens is 372 g/mol. The molecule has 3 aromatic rings. The number of hydrogen-bond acceptors (Lipinski definition) is 5. The lowest BCUT2D eigenvalue weighted by atomic mass is 10.1. The standard InChI is InChI=1S/C21H22N4O2S/c1-12-7-8-16(13(2)11-12)24-19(26)18-14(3)17-20(28-18)23-15(4)25(21(17)27)10-6-5-9-22/h7-8,11H,5-6,10H2,1-4H3,(H,24,26). The van der Waals surface area contributed by atoms with E-state index in [0.717, 1.165) is 16.8 Å². The van der Waals surface area contributed by atoms with Gasteiger partial charge in [-0.25, -0.2) is 4.98 Å². The average Bonchev–Trinajstić information content (AvgIpc) is 2.96. The van der Waals surface area contributed by atoms with E-state index in [9.17, 15) is 9.59 Å². The lowest BCUT2D eigenvalue weighted by molar-refractivity contribution is 0.103. The summed E-state index contributed by atoms with van der Waals surface area (Å²) in [6, 6.07) is 7.94. The van der Waals surface area contributed by atoms with Crippen LogP contribution >= 0.6 is 11.3 Å². The molecule has 0 saturated carbocycles. The zero-order valence-electron chi connectivity index (χ0n) is 16.4. The van der Waals surface area contributed by atoms with E-state index in [1.165, 1.54) is 11.3 Å². The number of nitrogens with one attached hydrogen (secondary N) is 1. The Kier molecular flexibility index (Phi) is 5.61. The van der Waals surface area contributed by atoms with Crippen LogP contribution in [-0.2, 0) is 6.54 Å². The van der Waals surface area contributed by atoms with E-state index >= 15 is 0 Å². The Hall–Kier alpha value is -2.98. The first-order valence-corrected chi connectivity index (χ1v) is 9.91. The van der Waals surface area contributed by atoms with Crippen LogP contribution in [0.2, 0.25) is 0 Å². The normalized spacial score (nSPS) is 10.8. The number of amides is 1. The number of nitriles is 1. The summed E-state index contributed by atoms with van der Waals surface area (Å²) in [6.07, 6.45) is 0.976. The van der Waals surface area contributed by atoms with Crippen molar-refractivity contribution in [1.29, 1.82) is 5.26 Å². The molecule has 2 aromatic heterocycles. The molecule has 144 valence electrons. The Balaban J connectivity index is 1.99. The molecule has 0 saturated heterocycles. The maximum absolute atomic E-state index is 13.0. The third-order valence-corrected chi connectivity index (χ3v) is 5.93. The van der Waals surface area contributed by atoms with Crippen LogP contribution in [0.5, 0.6) is 0 Å². The largest absolute Gasteiger partial charge is 0.321 e. The van der Waals surface area contributed by atoms with Gasteiger partial charge in [-0.1, -0.05) is 17.7 Å². The zero-order valence-corrected chi connectivity index (χ0v) is 17.2. The van der Waals surface area contributed by atoms with Crippen LogP contribution in [0.1, 0.15) is 45.0 Å². The van der Waals surface area contributed by atoms with Crippen molar-refractivity contribution in [3.63, 3.8) is 0 Å². The number of unbranched alkanes of at least 4 members (excludes halogenated alkanes) is 1. The highest BCUT2D eigenvalue weighted by atomic mass is 32.1. The van der Waals surface area contributed by atoms with E-state index in [4.69, 9.17) is 5.26 Å². The first-order chi connectivity index (χ1) is 13.3. The van der Waals surface area contributed by atoms with Crippen molar-refractivity contribution in [2.45, 2.75) is 47.1 Å². The van der Waals surface area contributed by atoms with Crippen LogP contribution in [0.25, 0.3) is 10.2 Å². The van der Waals surface area contributed by atoms with Crippen molar-refractivity contribution in [2.24, 2.45) is 0 Å². The van der Waals surface area contributed by atoms with Crippen LogP contribution in [-0.4, -0.2) is 15.5 Å². The second-order valence-corrected chi connectivity index (χ2v) is 7.89. The van der Waals surface area contributed by atoms with Gasteiger partial charge in [-0.15, -0.1) is 11.3 Å². The Bertz CT molecular complexity index is 1170. The number of thiophene rings is 1. The number of aryl methyl sites for hydroxylation is 4. The molecule has 0 aliphatic carbocycles. The number of fused-ring (bicyclic) bond motifs is 1. The molecule has 0 unspecified atom stereocenters. The minimum absolute atomic E-state index is 0.153. The Morgan fingerprint density at radius 2 is 2.04 bits per heavy atom. The highest BCUT2D eigenvalue weighted by Crippen LogP contribution is 2.28. The number of hydrogen-bond donors (Lipinski definition) is 1. The number of rotatable bonds is 5. The first-order valence-electron chi connectivity index (χ1n) is 9.09. The molecule has 1 N–H and O–H groups in total. The van der Waals surface area contributed by atoms with Gasteiger partial charge in [0.05, 0.1) is 16.3 Å². The number of benzene rings is 1. The molecule has 0 bridgehead atoms. The molecule has 1 aromatic carbocycles. The quantitative estimate of drug-likeness (QED) is 0.655. The summed E-state index contributed by atoms with van der Waals surface area (Å²) >= 11 is 1.24. The van der Waals surface area contributed by atoms with Crippen LogP contribution < -0.4 is 10.9 Å². The van der Waals surface area contributed by atoms with Crippen molar-refractivity contribution in [3.05, 3.63) is 55.9 Å². The van der Waals surface area contributed by atoms with Gasteiger partial charge in [-0.3, -0.25) is 14.2 Å². The summed E-state index contributed by atoms with van der Waals surface area (Å²) in [7, 11) is 0. The first kappa shape index (κ1) is 19.8. The van der Waals surface area contributed by atoms with Gasteiger partial charge in [0.1, 0.15) is 10.7 Å². The van der Waals surface area contributed by atoms with E-state index < -0.39 is 0 Å². The highest BCUT2D eigenvalue weighted by Gasteiger charge is 2.21. The molecule has 6 nitrogen and oxygen atoms in total. The summed E-state index contributed by atoms with van der Waals surface area (Å²) in [5.74, 6) is 0.360. The predicted molar refractivity (Wildman–Crippen MR) is 112 cm³/mol. The third-order valence-electron chi connectivity index (χ3n) is 4.75. The van der Waals surface area contributed by atoms with Crippen LogP contribution in [0.4, 0.5) is 5.69 Å². The second-order valence-electron chi connectivity index (χ2n) is 6.89. The minimum atomic E-state index is -0.236. The molecule has 7 heteroatoms. The molecule has 2 heterocycles. The van der Waals surface area contributed by atoms with E-state index in [2.05, 4.69) is 16.4 Å². The monoisotopic (exact) mass is 394 g/mol. The zero-order chi connectivity index (χ0) is 20.4. The maximum Gasteiger partial charge on any atom is 0.266 e. The summed E-state index contributed by atoms with van der Waals surface area (Å²) in [4.78, 5) is 31.4. The van der Waals surface area contributed by atoms with Crippen molar-refractivity contribution in [1.82, 2.24) is 9.55 Å². The van der Waals surface area contributed by atoms with Gasteiger partial charge in [0, 0.05) is 18.7 Å².